The first-order chi connectivity index (χ1) is 15.2. The molecule has 0 bridgehead atoms. The van der Waals surface area contributed by atoms with E-state index in [9.17, 15) is 30.3 Å². The van der Waals surface area contributed by atoms with Gasteiger partial charge in [0.05, 0.1) is 20.6 Å². The smallest absolute Gasteiger partial charge is 0.288 e. The number of nitrogens with zero attached hydrogens (tertiary/aromatic N) is 3. The maximum Gasteiger partial charge on any atom is 0.288 e. The maximum absolute atomic E-state index is 12.5. The van der Waals surface area contributed by atoms with E-state index in [1.165, 1.54) is 42.5 Å². The van der Waals surface area contributed by atoms with Crippen molar-refractivity contribution in [3.05, 3.63) is 90.1 Å². The van der Waals surface area contributed by atoms with Gasteiger partial charge >= 0.3 is 0 Å². The number of nitriles is 1. The number of anilines is 1. The minimum atomic E-state index is -0.866. The van der Waals surface area contributed by atoms with Gasteiger partial charge in [-0.25, -0.2) is 0 Å². The van der Waals surface area contributed by atoms with Crippen LogP contribution >= 0.6 is 23.2 Å². The summed E-state index contributed by atoms with van der Waals surface area (Å²) in [5.74, 6) is -0.500. The molecule has 0 aliphatic heterocycles. The van der Waals surface area contributed by atoms with Gasteiger partial charge in [0.15, 0.2) is 0 Å². The molecular weight excluding hydrogens is 463 g/mol. The summed E-state index contributed by atoms with van der Waals surface area (Å²) in [4.78, 5) is 33.1. The Balaban J connectivity index is 1.86. The van der Waals surface area contributed by atoms with Gasteiger partial charge in [0.2, 0.25) is 0 Å². The number of amides is 1. The molecular formula is C20H10Cl2N4O6. The molecule has 32 heavy (non-hydrogen) atoms. The van der Waals surface area contributed by atoms with E-state index in [2.05, 4.69) is 5.32 Å². The number of nitrogens with one attached hydrogen (secondary N) is 1. The van der Waals surface area contributed by atoms with E-state index in [4.69, 9.17) is 27.6 Å². The van der Waals surface area contributed by atoms with Crippen LogP contribution in [0, 0.1) is 31.6 Å². The molecule has 1 amide bonds. The fraction of sp³-hybridized carbons (Fsp3) is 0. The first-order valence-electron chi connectivity index (χ1n) is 8.61. The standard InChI is InChI=1S/C20H10Cl2N4O6/c21-15-5-2-13(25(28)29)9-17(15)24-20(27)12(10-23)7-14-3-6-19(32-14)11-1-4-16(22)18(8-11)26(30)31/h1-9H,(H,24,27)/b12-7+. The lowest BCUT2D eigenvalue weighted by Gasteiger charge is -2.06. The van der Waals surface area contributed by atoms with Crippen LogP contribution in [-0.2, 0) is 4.79 Å². The zero-order valence-electron chi connectivity index (χ0n) is 15.7. The van der Waals surface area contributed by atoms with Crippen molar-refractivity contribution in [2.45, 2.75) is 0 Å². The summed E-state index contributed by atoms with van der Waals surface area (Å²) >= 11 is 11.8. The molecule has 1 heterocycles. The molecule has 3 rings (SSSR count). The number of furan rings is 1. The van der Waals surface area contributed by atoms with E-state index >= 15 is 0 Å². The van der Waals surface area contributed by atoms with Crippen molar-refractivity contribution in [2.75, 3.05) is 5.32 Å². The first-order valence-corrected chi connectivity index (χ1v) is 9.36. The molecule has 160 valence electrons. The molecule has 0 unspecified atom stereocenters. The summed E-state index contributed by atoms with van der Waals surface area (Å²) < 4.78 is 5.56. The SMILES string of the molecule is N#C/C(=C\c1ccc(-c2ccc(Cl)c([N+](=O)[O-])c2)o1)C(=O)Nc1cc([N+](=O)[O-])ccc1Cl. The number of nitro groups is 2. The van der Waals surface area contributed by atoms with Gasteiger partial charge in [-0.05, 0) is 30.3 Å². The van der Waals surface area contributed by atoms with Crippen LogP contribution in [0.4, 0.5) is 17.1 Å². The van der Waals surface area contributed by atoms with E-state index in [0.29, 0.717) is 5.56 Å². The summed E-state index contributed by atoms with van der Waals surface area (Å²) in [7, 11) is 0. The number of carbonyl (C=O) groups is 1. The summed E-state index contributed by atoms with van der Waals surface area (Å²) in [6, 6.07) is 12.3. The van der Waals surface area contributed by atoms with Crippen LogP contribution in [0.2, 0.25) is 10.0 Å². The average molecular weight is 473 g/mol. The summed E-state index contributed by atoms with van der Waals surface area (Å²) in [6.07, 6.45) is 1.15. The molecule has 0 fully saturated rings. The Labute approximate surface area is 189 Å². The third-order valence-corrected chi connectivity index (χ3v) is 4.76. The maximum atomic E-state index is 12.5. The Kier molecular flexibility index (Phi) is 6.53. The number of benzene rings is 2. The first kappa shape index (κ1) is 22.5. The number of non-ortho nitro benzene ring substituents is 1. The molecule has 0 saturated heterocycles. The van der Waals surface area contributed by atoms with Crippen LogP contribution < -0.4 is 5.32 Å². The van der Waals surface area contributed by atoms with Crippen molar-refractivity contribution in [2.24, 2.45) is 0 Å². The highest BCUT2D eigenvalue weighted by molar-refractivity contribution is 6.34. The zero-order valence-corrected chi connectivity index (χ0v) is 17.3. The molecule has 0 aliphatic carbocycles. The van der Waals surface area contributed by atoms with Crippen molar-refractivity contribution in [3.63, 3.8) is 0 Å². The van der Waals surface area contributed by atoms with Gasteiger partial charge in [0.1, 0.15) is 28.2 Å². The van der Waals surface area contributed by atoms with Crippen molar-refractivity contribution in [1.29, 1.82) is 5.26 Å². The zero-order chi connectivity index (χ0) is 23.4. The van der Waals surface area contributed by atoms with Gasteiger partial charge in [0.25, 0.3) is 17.3 Å². The highest BCUT2D eigenvalue weighted by Crippen LogP contribution is 2.32. The number of hydrogen-bond acceptors (Lipinski definition) is 7. The molecule has 0 spiro atoms. The Morgan fingerprint density at radius 3 is 2.41 bits per heavy atom. The van der Waals surface area contributed by atoms with Gasteiger partial charge in [0, 0.05) is 29.8 Å². The minimum absolute atomic E-state index is 0.0336. The second kappa shape index (κ2) is 9.30. The van der Waals surface area contributed by atoms with E-state index in [-0.39, 0.29) is 44.2 Å². The van der Waals surface area contributed by atoms with Gasteiger partial charge in [-0.15, -0.1) is 0 Å². The summed E-state index contributed by atoms with van der Waals surface area (Å²) in [6.45, 7) is 0. The van der Waals surface area contributed by atoms with E-state index in [1.807, 2.05) is 0 Å². The van der Waals surface area contributed by atoms with Gasteiger partial charge in [-0.2, -0.15) is 5.26 Å². The number of hydrogen-bond donors (Lipinski definition) is 1. The Bertz CT molecular complexity index is 1330. The van der Waals surface area contributed by atoms with Crippen LogP contribution in [0.5, 0.6) is 0 Å². The Morgan fingerprint density at radius 2 is 1.75 bits per heavy atom. The third kappa shape index (κ3) is 4.92. The normalized spacial score (nSPS) is 11.0. The lowest BCUT2D eigenvalue weighted by atomic mass is 10.1. The molecule has 0 atom stereocenters. The second-order valence-corrected chi connectivity index (χ2v) is 6.98. The molecule has 0 radical (unpaired) electrons. The molecule has 1 N–H and O–H groups in total. The monoisotopic (exact) mass is 472 g/mol. The van der Waals surface area contributed by atoms with Crippen molar-refractivity contribution in [3.8, 4) is 17.4 Å². The molecule has 0 aliphatic rings. The lowest BCUT2D eigenvalue weighted by Crippen LogP contribution is -2.13. The third-order valence-electron chi connectivity index (χ3n) is 4.11. The predicted molar refractivity (Wildman–Crippen MR) is 116 cm³/mol. The van der Waals surface area contributed by atoms with Crippen LogP contribution in [0.15, 0.2) is 58.5 Å². The molecule has 12 heteroatoms. The van der Waals surface area contributed by atoms with Gasteiger partial charge in [-0.3, -0.25) is 25.0 Å². The van der Waals surface area contributed by atoms with Crippen LogP contribution in [0.3, 0.4) is 0 Å². The van der Waals surface area contributed by atoms with Gasteiger partial charge < -0.3 is 9.73 Å². The number of nitro benzene ring substituents is 2. The molecule has 3 aromatic rings. The lowest BCUT2D eigenvalue weighted by molar-refractivity contribution is -0.384. The van der Waals surface area contributed by atoms with Crippen molar-refractivity contribution < 1.29 is 19.1 Å². The topological polar surface area (TPSA) is 152 Å². The van der Waals surface area contributed by atoms with E-state index < -0.39 is 15.8 Å². The number of carbonyl (C=O) groups excluding carboxylic acids is 1. The van der Waals surface area contributed by atoms with E-state index in [1.54, 1.807) is 6.07 Å². The van der Waals surface area contributed by atoms with Crippen molar-refractivity contribution >= 4 is 52.2 Å². The minimum Gasteiger partial charge on any atom is -0.457 e. The highest BCUT2D eigenvalue weighted by atomic mass is 35.5. The molecule has 0 saturated carbocycles. The Morgan fingerprint density at radius 1 is 1.03 bits per heavy atom. The quantitative estimate of drug-likeness (QED) is 0.211. The Hall–Kier alpha value is -4.20. The molecule has 10 nitrogen and oxygen atoms in total. The summed E-state index contributed by atoms with van der Waals surface area (Å²) in [5.41, 5.74) is -0.633. The van der Waals surface area contributed by atoms with Crippen LogP contribution in [0.25, 0.3) is 17.4 Å². The van der Waals surface area contributed by atoms with Crippen molar-refractivity contribution in [1.82, 2.24) is 0 Å². The highest BCUT2D eigenvalue weighted by Gasteiger charge is 2.17. The average Bonchev–Trinajstić information content (AvgIpc) is 3.22. The number of halogens is 2. The van der Waals surface area contributed by atoms with Crippen LogP contribution in [-0.4, -0.2) is 15.8 Å². The van der Waals surface area contributed by atoms with Crippen LogP contribution in [0.1, 0.15) is 5.76 Å². The summed E-state index contributed by atoms with van der Waals surface area (Å²) in [5, 5.41) is 33.7. The van der Waals surface area contributed by atoms with E-state index in [0.717, 1.165) is 12.1 Å². The van der Waals surface area contributed by atoms with Gasteiger partial charge in [-0.1, -0.05) is 23.2 Å². The predicted octanol–water partition coefficient (Wildman–Crippen LogP) is 5.62. The fourth-order valence-electron chi connectivity index (χ4n) is 2.59. The second-order valence-electron chi connectivity index (χ2n) is 6.17. The fourth-order valence-corrected chi connectivity index (χ4v) is 2.95. The largest absolute Gasteiger partial charge is 0.457 e. The molecule has 1 aromatic heterocycles. The number of rotatable bonds is 6. The molecule has 2 aromatic carbocycles.